The Morgan fingerprint density at radius 1 is 1.06 bits per heavy atom. The van der Waals surface area contributed by atoms with Gasteiger partial charge in [-0.3, -0.25) is 9.78 Å². The van der Waals surface area contributed by atoms with Gasteiger partial charge in [0, 0.05) is 24.7 Å². The number of hydrogen-bond acceptors (Lipinski definition) is 2. The molecule has 0 atom stereocenters. The molecule has 1 heterocycles. The summed E-state index contributed by atoms with van der Waals surface area (Å²) in [6, 6.07) is 12.2. The maximum Gasteiger partial charge on any atom is 0.140 e. The average molecular weight is 237 g/mol. The Morgan fingerprint density at radius 3 is 2.28 bits per heavy atom. The zero-order chi connectivity index (χ0) is 12.4. The van der Waals surface area contributed by atoms with Crippen LogP contribution in [0.2, 0.25) is 0 Å². The molecule has 0 saturated carbocycles. The first-order valence-electron chi connectivity index (χ1n) is 6.31. The Bertz CT molecular complexity index is 537. The van der Waals surface area contributed by atoms with E-state index in [1.54, 1.807) is 12.4 Å². The molecule has 3 rings (SSSR count). The van der Waals surface area contributed by atoms with E-state index in [1.807, 2.05) is 12.1 Å². The summed E-state index contributed by atoms with van der Waals surface area (Å²) >= 11 is 0. The normalized spacial score (nSPS) is 14.4. The second kappa shape index (κ2) is 4.73. The van der Waals surface area contributed by atoms with E-state index in [0.29, 0.717) is 12.2 Å². The van der Waals surface area contributed by atoms with Crippen molar-refractivity contribution in [3.8, 4) is 0 Å². The van der Waals surface area contributed by atoms with Crippen LogP contribution >= 0.6 is 0 Å². The molecule has 0 spiro atoms. The van der Waals surface area contributed by atoms with Crippen molar-refractivity contribution in [1.29, 1.82) is 0 Å². The number of Topliss-reactive ketones (excluding diaryl/α,β-unsaturated/α-hetero) is 1. The van der Waals surface area contributed by atoms with Gasteiger partial charge in [-0.15, -0.1) is 0 Å². The minimum absolute atomic E-state index is 0.163. The molecule has 0 bridgehead atoms. The van der Waals surface area contributed by atoms with Crippen LogP contribution in [0.1, 0.15) is 16.7 Å². The summed E-state index contributed by atoms with van der Waals surface area (Å²) in [4.78, 5) is 16.2. The van der Waals surface area contributed by atoms with Gasteiger partial charge in [0.1, 0.15) is 5.78 Å². The summed E-state index contributed by atoms with van der Waals surface area (Å²) < 4.78 is 0. The third-order valence-electron chi connectivity index (χ3n) is 3.63. The zero-order valence-corrected chi connectivity index (χ0v) is 10.2. The molecule has 0 amide bonds. The number of fused-ring (bicyclic) bond motifs is 1. The first-order chi connectivity index (χ1) is 8.83. The van der Waals surface area contributed by atoms with Gasteiger partial charge in [-0.05, 0) is 41.7 Å². The fourth-order valence-electron chi connectivity index (χ4n) is 2.63. The molecular weight excluding hydrogens is 222 g/mol. The number of hydrogen-bond donors (Lipinski definition) is 0. The summed E-state index contributed by atoms with van der Waals surface area (Å²) in [5.41, 5.74) is 3.74. The summed E-state index contributed by atoms with van der Waals surface area (Å²) in [5, 5.41) is 0. The Balaban J connectivity index is 1.70. The lowest BCUT2D eigenvalue weighted by atomic mass is 9.96. The number of aromatic nitrogens is 1. The predicted molar refractivity (Wildman–Crippen MR) is 70.3 cm³/mol. The van der Waals surface area contributed by atoms with E-state index < -0.39 is 0 Å². The van der Waals surface area contributed by atoms with Crippen molar-refractivity contribution in [2.24, 2.45) is 5.92 Å². The highest BCUT2D eigenvalue weighted by Gasteiger charge is 2.26. The molecule has 0 N–H and O–H groups in total. The summed E-state index contributed by atoms with van der Waals surface area (Å²) in [6.45, 7) is 0. The van der Waals surface area contributed by atoms with Crippen LogP contribution < -0.4 is 0 Å². The maximum absolute atomic E-state index is 12.3. The van der Waals surface area contributed by atoms with Crippen molar-refractivity contribution in [2.45, 2.75) is 19.3 Å². The van der Waals surface area contributed by atoms with E-state index in [-0.39, 0.29) is 5.92 Å². The third-order valence-corrected chi connectivity index (χ3v) is 3.63. The average Bonchev–Trinajstić information content (AvgIpc) is 2.84. The van der Waals surface area contributed by atoms with Crippen molar-refractivity contribution in [3.05, 3.63) is 65.5 Å². The van der Waals surface area contributed by atoms with Gasteiger partial charge in [-0.25, -0.2) is 0 Å². The van der Waals surface area contributed by atoms with Crippen LogP contribution in [0.25, 0.3) is 0 Å². The van der Waals surface area contributed by atoms with Crippen molar-refractivity contribution < 1.29 is 4.79 Å². The molecule has 0 saturated heterocycles. The van der Waals surface area contributed by atoms with Crippen molar-refractivity contribution in [1.82, 2.24) is 4.98 Å². The molecule has 1 aliphatic carbocycles. The van der Waals surface area contributed by atoms with E-state index in [9.17, 15) is 4.79 Å². The van der Waals surface area contributed by atoms with Gasteiger partial charge in [0.05, 0.1) is 0 Å². The molecule has 2 heteroatoms. The SMILES string of the molecule is O=C(Cc1ccncc1)C1Cc2ccccc2C1. The molecule has 1 aliphatic rings. The molecule has 1 aromatic heterocycles. The molecule has 0 radical (unpaired) electrons. The highest BCUT2D eigenvalue weighted by Crippen LogP contribution is 2.27. The van der Waals surface area contributed by atoms with E-state index in [4.69, 9.17) is 0 Å². The Morgan fingerprint density at radius 2 is 1.67 bits per heavy atom. The topological polar surface area (TPSA) is 30.0 Å². The summed E-state index contributed by atoms with van der Waals surface area (Å²) in [6.07, 6.45) is 5.82. The van der Waals surface area contributed by atoms with Crippen LogP contribution in [-0.2, 0) is 24.1 Å². The molecule has 90 valence electrons. The fraction of sp³-hybridized carbons (Fsp3) is 0.250. The maximum atomic E-state index is 12.3. The van der Waals surface area contributed by atoms with Crippen LogP contribution in [0.3, 0.4) is 0 Å². The quantitative estimate of drug-likeness (QED) is 0.821. The molecule has 1 aromatic carbocycles. The van der Waals surface area contributed by atoms with E-state index in [1.165, 1.54) is 11.1 Å². The lowest BCUT2D eigenvalue weighted by Crippen LogP contribution is -2.17. The van der Waals surface area contributed by atoms with Crippen LogP contribution in [0.4, 0.5) is 0 Å². The van der Waals surface area contributed by atoms with Crippen molar-refractivity contribution in [2.75, 3.05) is 0 Å². The van der Waals surface area contributed by atoms with Crippen LogP contribution in [-0.4, -0.2) is 10.8 Å². The lowest BCUT2D eigenvalue weighted by molar-refractivity contribution is -0.121. The van der Waals surface area contributed by atoms with E-state index >= 15 is 0 Å². The van der Waals surface area contributed by atoms with Crippen molar-refractivity contribution >= 4 is 5.78 Å². The van der Waals surface area contributed by atoms with Crippen LogP contribution in [0, 0.1) is 5.92 Å². The largest absolute Gasteiger partial charge is 0.299 e. The molecule has 0 aliphatic heterocycles. The second-order valence-corrected chi connectivity index (χ2v) is 4.87. The Hall–Kier alpha value is -1.96. The number of rotatable bonds is 3. The molecule has 0 unspecified atom stereocenters. The number of carbonyl (C=O) groups is 1. The molecule has 2 aromatic rings. The Labute approximate surface area is 107 Å². The predicted octanol–water partition coefficient (Wildman–Crippen LogP) is 2.61. The fourth-order valence-corrected chi connectivity index (χ4v) is 2.63. The third kappa shape index (κ3) is 2.19. The lowest BCUT2D eigenvalue weighted by Gasteiger charge is -2.07. The van der Waals surface area contributed by atoms with Gasteiger partial charge in [-0.2, -0.15) is 0 Å². The van der Waals surface area contributed by atoms with Gasteiger partial charge in [0.25, 0.3) is 0 Å². The Kier molecular flexibility index (Phi) is 2.93. The molecular formula is C16H15NO. The minimum Gasteiger partial charge on any atom is -0.299 e. The van der Waals surface area contributed by atoms with Gasteiger partial charge in [0.15, 0.2) is 0 Å². The number of ketones is 1. The monoisotopic (exact) mass is 237 g/mol. The van der Waals surface area contributed by atoms with Crippen LogP contribution in [0.5, 0.6) is 0 Å². The number of nitrogens with zero attached hydrogens (tertiary/aromatic N) is 1. The first kappa shape index (κ1) is 11.1. The first-order valence-corrected chi connectivity index (χ1v) is 6.31. The van der Waals surface area contributed by atoms with Gasteiger partial charge in [-0.1, -0.05) is 24.3 Å². The van der Waals surface area contributed by atoms with Gasteiger partial charge < -0.3 is 0 Å². The van der Waals surface area contributed by atoms with Crippen LogP contribution in [0.15, 0.2) is 48.8 Å². The highest BCUT2D eigenvalue weighted by molar-refractivity contribution is 5.84. The van der Waals surface area contributed by atoms with E-state index in [2.05, 4.69) is 29.2 Å². The number of benzene rings is 1. The summed E-state index contributed by atoms with van der Waals surface area (Å²) in [5.74, 6) is 0.507. The minimum atomic E-state index is 0.163. The van der Waals surface area contributed by atoms with E-state index in [0.717, 1.165) is 18.4 Å². The molecule has 2 nitrogen and oxygen atoms in total. The number of carbonyl (C=O) groups excluding carboxylic acids is 1. The van der Waals surface area contributed by atoms with Gasteiger partial charge >= 0.3 is 0 Å². The van der Waals surface area contributed by atoms with Crippen molar-refractivity contribution in [3.63, 3.8) is 0 Å². The smallest absolute Gasteiger partial charge is 0.140 e. The summed E-state index contributed by atoms with van der Waals surface area (Å²) in [7, 11) is 0. The molecule has 0 fully saturated rings. The molecule has 18 heavy (non-hydrogen) atoms. The van der Waals surface area contributed by atoms with Gasteiger partial charge in [0.2, 0.25) is 0 Å². The second-order valence-electron chi connectivity index (χ2n) is 4.87. The zero-order valence-electron chi connectivity index (χ0n) is 10.2. The highest BCUT2D eigenvalue weighted by atomic mass is 16.1. The standard InChI is InChI=1S/C16H15NO/c18-16(9-12-5-7-17-8-6-12)15-10-13-3-1-2-4-14(13)11-15/h1-8,15H,9-11H2. The number of pyridine rings is 1.